The van der Waals surface area contributed by atoms with E-state index in [1.54, 1.807) is 4.57 Å². The molecular formula is C49H42FN5O3. The fourth-order valence-corrected chi connectivity index (χ4v) is 8.33. The number of alkyl halides is 1. The van der Waals surface area contributed by atoms with Crippen LogP contribution in [0.4, 0.5) is 4.39 Å². The van der Waals surface area contributed by atoms with Crippen LogP contribution in [0.25, 0.3) is 11.2 Å². The van der Waals surface area contributed by atoms with Crippen LogP contribution in [0.5, 0.6) is 0 Å². The summed E-state index contributed by atoms with van der Waals surface area (Å²) in [4.78, 5) is 13.4. The van der Waals surface area contributed by atoms with Crippen LogP contribution in [-0.2, 0) is 32.0 Å². The zero-order valence-electron chi connectivity index (χ0n) is 31.7. The second-order valence-electron chi connectivity index (χ2n) is 14.3. The van der Waals surface area contributed by atoms with Crippen molar-refractivity contribution in [3.63, 3.8) is 0 Å². The summed E-state index contributed by atoms with van der Waals surface area (Å²) in [5.41, 5.74) is 10.4. The molecule has 0 saturated carbocycles. The summed E-state index contributed by atoms with van der Waals surface area (Å²) in [6.45, 7) is 0.0987. The summed E-state index contributed by atoms with van der Waals surface area (Å²) in [7, 11) is 0. The molecule has 58 heavy (non-hydrogen) atoms. The molecule has 0 radical (unpaired) electrons. The smallest absolute Gasteiger partial charge is 0.174 e. The first-order valence-electron chi connectivity index (χ1n) is 19.4. The van der Waals surface area contributed by atoms with Gasteiger partial charge in [-0.15, -0.1) is 0 Å². The maximum Gasteiger partial charge on any atom is 0.174 e. The van der Waals surface area contributed by atoms with Crippen molar-refractivity contribution >= 4 is 11.2 Å². The minimum absolute atomic E-state index is 0.0512. The Hall–Kier alpha value is -6.36. The molecule has 2 N–H and O–H groups in total. The minimum atomic E-state index is -1.71. The molecule has 1 aliphatic heterocycles. The highest BCUT2D eigenvalue weighted by atomic mass is 19.1. The molecular weight excluding hydrogens is 726 g/mol. The largest absolute Gasteiger partial charge is 0.358 e. The fourth-order valence-electron chi connectivity index (χ4n) is 8.33. The maximum absolute atomic E-state index is 18.0. The SMILES string of the molecule is NCc1ncnc2c1ncn2[C@@H]1O[C@H](COC(c2ccccc2)(c2ccccc2)c2ccccc2)[C@@H](OC(c2ccccc2)(c2ccccc2)c2ccccc2)[C@@H]1F. The number of nitrogens with zero attached hydrogens (tertiary/aromatic N) is 4. The molecule has 0 bridgehead atoms. The molecule has 9 heteroatoms. The van der Waals surface area contributed by atoms with Crippen LogP contribution < -0.4 is 5.73 Å². The first kappa shape index (κ1) is 37.2. The molecule has 8 nitrogen and oxygen atoms in total. The standard InChI is InChI=1S/C49H42FN5O3/c50-43-45(58-49(38-25-13-4-14-26-38,39-27-15-5-16-28-39)40-29-17-6-18-30-40)42(57-47(43)55-34-54-44-41(31-51)52-33-53-46(44)55)32-56-48(35-19-7-1-8-20-35,36-21-9-2-10-22-36)37-23-11-3-12-24-37/h1-30,33-34,42-43,45,47H,31-32,51H2/t42-,43+,45-,47-/m1/s1. The van der Waals surface area contributed by atoms with Gasteiger partial charge in [0.25, 0.3) is 0 Å². The molecule has 4 atom stereocenters. The first-order valence-corrected chi connectivity index (χ1v) is 19.4. The molecule has 1 saturated heterocycles. The molecule has 9 rings (SSSR count). The molecule has 0 spiro atoms. The highest BCUT2D eigenvalue weighted by Crippen LogP contribution is 2.47. The number of hydrogen-bond donors (Lipinski definition) is 1. The number of hydrogen-bond acceptors (Lipinski definition) is 7. The van der Waals surface area contributed by atoms with E-state index in [1.165, 1.54) is 12.7 Å². The van der Waals surface area contributed by atoms with Gasteiger partial charge < -0.3 is 19.9 Å². The summed E-state index contributed by atoms with van der Waals surface area (Å²) < 4.78 is 41.3. The quantitative estimate of drug-likeness (QED) is 0.117. The summed E-state index contributed by atoms with van der Waals surface area (Å²) in [5, 5.41) is 0. The van der Waals surface area contributed by atoms with Crippen molar-refractivity contribution in [1.29, 1.82) is 0 Å². The van der Waals surface area contributed by atoms with Gasteiger partial charge in [-0.1, -0.05) is 182 Å². The zero-order chi connectivity index (χ0) is 39.4. The average Bonchev–Trinajstić information content (AvgIpc) is 3.87. The van der Waals surface area contributed by atoms with Gasteiger partial charge >= 0.3 is 0 Å². The Balaban J connectivity index is 1.21. The number of nitrogens with two attached hydrogens (primary N) is 1. The third-order valence-corrected chi connectivity index (χ3v) is 11.0. The van der Waals surface area contributed by atoms with Crippen molar-refractivity contribution in [2.75, 3.05) is 6.61 Å². The number of aromatic nitrogens is 4. The van der Waals surface area contributed by atoms with Crippen molar-refractivity contribution in [1.82, 2.24) is 19.5 Å². The van der Waals surface area contributed by atoms with Gasteiger partial charge in [-0.2, -0.15) is 0 Å². The number of fused-ring (bicyclic) bond motifs is 1. The van der Waals surface area contributed by atoms with E-state index in [-0.39, 0.29) is 13.2 Å². The lowest BCUT2D eigenvalue weighted by Crippen LogP contribution is -2.45. The average molecular weight is 768 g/mol. The lowest BCUT2D eigenvalue weighted by Gasteiger charge is -2.40. The Morgan fingerprint density at radius 2 is 0.983 bits per heavy atom. The molecule has 1 aliphatic rings. The van der Waals surface area contributed by atoms with E-state index in [4.69, 9.17) is 19.9 Å². The molecule has 288 valence electrons. The van der Waals surface area contributed by atoms with Crippen LogP contribution in [0.2, 0.25) is 0 Å². The van der Waals surface area contributed by atoms with E-state index in [2.05, 4.69) is 51.4 Å². The van der Waals surface area contributed by atoms with Crippen molar-refractivity contribution in [2.24, 2.45) is 5.73 Å². The van der Waals surface area contributed by atoms with E-state index < -0.39 is 35.8 Å². The molecule has 0 amide bonds. The second kappa shape index (κ2) is 16.2. The molecule has 0 aliphatic carbocycles. The van der Waals surface area contributed by atoms with Gasteiger partial charge in [0.2, 0.25) is 0 Å². The van der Waals surface area contributed by atoms with Gasteiger partial charge in [-0.05, 0) is 33.4 Å². The van der Waals surface area contributed by atoms with Gasteiger partial charge in [0.05, 0.1) is 18.6 Å². The van der Waals surface area contributed by atoms with Gasteiger partial charge in [-0.3, -0.25) is 4.57 Å². The van der Waals surface area contributed by atoms with E-state index in [1.807, 2.05) is 146 Å². The molecule has 1 fully saturated rings. The molecule has 8 aromatic rings. The van der Waals surface area contributed by atoms with Crippen molar-refractivity contribution in [3.05, 3.63) is 234 Å². The minimum Gasteiger partial charge on any atom is -0.358 e. The Labute approximate surface area is 336 Å². The third kappa shape index (κ3) is 6.58. The molecule has 6 aromatic carbocycles. The number of imidazole rings is 1. The van der Waals surface area contributed by atoms with Gasteiger partial charge in [0.15, 0.2) is 18.0 Å². The van der Waals surface area contributed by atoms with Crippen LogP contribution in [0.3, 0.4) is 0 Å². The van der Waals surface area contributed by atoms with Crippen LogP contribution in [-0.4, -0.2) is 44.5 Å². The molecule has 3 heterocycles. The van der Waals surface area contributed by atoms with E-state index in [0.717, 1.165) is 33.4 Å². The predicted molar refractivity (Wildman–Crippen MR) is 221 cm³/mol. The van der Waals surface area contributed by atoms with Crippen molar-refractivity contribution in [3.8, 4) is 0 Å². The Morgan fingerprint density at radius 1 is 0.569 bits per heavy atom. The Morgan fingerprint density at radius 3 is 1.40 bits per heavy atom. The summed E-state index contributed by atoms with van der Waals surface area (Å²) in [6, 6.07) is 60.1. The summed E-state index contributed by atoms with van der Waals surface area (Å²) in [5.74, 6) is 0. The Bertz CT molecular complexity index is 2350. The number of rotatable bonds is 13. The topological polar surface area (TPSA) is 97.3 Å². The third-order valence-electron chi connectivity index (χ3n) is 11.0. The van der Waals surface area contributed by atoms with Crippen molar-refractivity contribution in [2.45, 2.75) is 42.4 Å². The Kier molecular flexibility index (Phi) is 10.4. The maximum atomic E-state index is 18.0. The normalized spacial score (nSPS) is 18.4. The van der Waals surface area contributed by atoms with Crippen LogP contribution >= 0.6 is 0 Å². The van der Waals surface area contributed by atoms with Crippen molar-refractivity contribution < 1.29 is 18.6 Å². The van der Waals surface area contributed by atoms with Gasteiger partial charge in [0.1, 0.15) is 35.3 Å². The van der Waals surface area contributed by atoms with Gasteiger partial charge in [0, 0.05) is 6.54 Å². The lowest BCUT2D eigenvalue weighted by molar-refractivity contribution is -0.128. The molecule has 2 aromatic heterocycles. The summed E-state index contributed by atoms with van der Waals surface area (Å²) in [6.07, 6.45) is -2.03. The first-order chi connectivity index (χ1) is 28.6. The highest BCUT2D eigenvalue weighted by Gasteiger charge is 2.53. The summed E-state index contributed by atoms with van der Waals surface area (Å²) >= 11 is 0. The van der Waals surface area contributed by atoms with Crippen LogP contribution in [0.1, 0.15) is 45.3 Å². The highest BCUT2D eigenvalue weighted by molar-refractivity contribution is 5.73. The van der Waals surface area contributed by atoms with E-state index >= 15 is 4.39 Å². The number of benzene rings is 6. The predicted octanol–water partition coefficient (Wildman–Crippen LogP) is 8.91. The zero-order valence-corrected chi connectivity index (χ0v) is 31.7. The lowest BCUT2D eigenvalue weighted by atomic mass is 9.79. The number of halogens is 1. The number of ether oxygens (including phenoxy) is 3. The van der Waals surface area contributed by atoms with E-state index in [0.29, 0.717) is 16.9 Å². The monoisotopic (exact) mass is 767 g/mol. The van der Waals surface area contributed by atoms with Crippen LogP contribution in [0, 0.1) is 0 Å². The molecule has 0 unspecified atom stereocenters. The second-order valence-corrected chi connectivity index (χ2v) is 14.3. The van der Waals surface area contributed by atoms with Gasteiger partial charge in [-0.25, -0.2) is 19.3 Å². The van der Waals surface area contributed by atoms with E-state index in [9.17, 15) is 0 Å². The van der Waals surface area contributed by atoms with Crippen LogP contribution in [0.15, 0.2) is 195 Å². The fraction of sp³-hybridized carbons (Fsp3) is 0.163.